The average molecular weight is 392 g/mol. The number of methoxy groups -OCH3 is 2. The molecule has 0 saturated heterocycles. The van der Waals surface area contributed by atoms with Gasteiger partial charge < -0.3 is 14.2 Å². The summed E-state index contributed by atoms with van der Waals surface area (Å²) in [6.45, 7) is 2.08. The molecule has 0 aliphatic carbocycles. The highest BCUT2D eigenvalue weighted by Gasteiger charge is 2.40. The number of aromatic nitrogens is 1. The first-order valence-electron chi connectivity index (χ1n) is 7.91. The number of thiazole rings is 1. The largest absolute Gasteiger partial charge is 0.493 e. The molecular formula is C18H18NO5S2+. The Balaban J connectivity index is 1.85. The van der Waals surface area contributed by atoms with E-state index in [9.17, 15) is 9.59 Å². The predicted molar refractivity (Wildman–Crippen MR) is 98.9 cm³/mol. The molecule has 1 aliphatic heterocycles. The summed E-state index contributed by atoms with van der Waals surface area (Å²) >= 11 is 2.83. The molecule has 0 unspecified atom stereocenters. The van der Waals surface area contributed by atoms with Crippen LogP contribution < -0.4 is 14.0 Å². The number of ether oxygens (including phenoxy) is 3. The number of hydrogen-bond acceptors (Lipinski definition) is 7. The highest BCUT2D eigenvalue weighted by Crippen LogP contribution is 2.37. The van der Waals surface area contributed by atoms with Crippen LogP contribution in [-0.4, -0.2) is 32.7 Å². The van der Waals surface area contributed by atoms with Gasteiger partial charge in [0.25, 0.3) is 0 Å². The number of benzene rings is 1. The molecule has 26 heavy (non-hydrogen) atoms. The number of carbonyl (C=O) groups is 2. The zero-order chi connectivity index (χ0) is 18.7. The maximum absolute atomic E-state index is 12.8. The van der Waals surface area contributed by atoms with Gasteiger partial charge in [-0.1, -0.05) is 17.4 Å². The second-order valence-corrected chi connectivity index (χ2v) is 7.49. The lowest BCUT2D eigenvalue weighted by Gasteiger charge is -2.07. The van der Waals surface area contributed by atoms with E-state index in [4.69, 9.17) is 14.2 Å². The van der Waals surface area contributed by atoms with Crippen molar-refractivity contribution in [1.29, 1.82) is 0 Å². The van der Waals surface area contributed by atoms with Crippen molar-refractivity contribution in [2.75, 3.05) is 20.8 Å². The van der Waals surface area contributed by atoms with Gasteiger partial charge in [-0.15, -0.1) is 4.57 Å². The minimum Gasteiger partial charge on any atom is -0.493 e. The van der Waals surface area contributed by atoms with Gasteiger partial charge in [-0.05, 0) is 30.7 Å². The van der Waals surface area contributed by atoms with Crippen LogP contribution >= 0.6 is 23.1 Å². The number of hydrogen-bond donors (Lipinski definition) is 0. The molecule has 1 aliphatic rings. The zero-order valence-corrected chi connectivity index (χ0v) is 16.2. The Kier molecular flexibility index (Phi) is 5.63. The smallest absolute Gasteiger partial charge is 0.433 e. The van der Waals surface area contributed by atoms with Crippen LogP contribution in [0.4, 0.5) is 0 Å². The lowest BCUT2D eigenvalue weighted by Crippen LogP contribution is -2.43. The summed E-state index contributed by atoms with van der Waals surface area (Å²) < 4.78 is 17.9. The molecule has 0 bridgehead atoms. The van der Waals surface area contributed by atoms with Crippen molar-refractivity contribution in [3.8, 4) is 11.5 Å². The maximum Gasteiger partial charge on any atom is 0.433 e. The zero-order valence-electron chi connectivity index (χ0n) is 14.6. The van der Waals surface area contributed by atoms with Gasteiger partial charge in [0.2, 0.25) is 5.69 Å². The summed E-state index contributed by atoms with van der Waals surface area (Å²) in [5, 5.41) is 1.82. The summed E-state index contributed by atoms with van der Waals surface area (Å²) in [4.78, 5) is 25.1. The minimum atomic E-state index is -0.337. The Morgan fingerprint density at radius 3 is 2.69 bits per heavy atom. The molecule has 8 heteroatoms. The first-order chi connectivity index (χ1) is 12.6. The van der Waals surface area contributed by atoms with Gasteiger partial charge in [0.15, 0.2) is 11.5 Å². The molecule has 6 nitrogen and oxygen atoms in total. The Bertz CT molecular complexity index is 888. The standard InChI is InChI=1S/C18H18NO5S2/c1-4-24-16(20)9-12-10-25-18-19(12)17(21)15(26-18)8-11-5-6-13(22-2)14(7-11)23-3/h5-8,10H,4,9H2,1-3H3/q+1. The van der Waals surface area contributed by atoms with Gasteiger partial charge in [-0.2, -0.15) is 0 Å². The van der Waals surface area contributed by atoms with Crippen LogP contribution in [-0.2, 0) is 16.0 Å². The third-order valence-corrected chi connectivity index (χ3v) is 5.90. The highest BCUT2D eigenvalue weighted by molar-refractivity contribution is 8.05. The van der Waals surface area contributed by atoms with Gasteiger partial charge in [-0.25, -0.2) is 4.79 Å². The van der Waals surface area contributed by atoms with Crippen molar-refractivity contribution in [2.45, 2.75) is 17.7 Å². The van der Waals surface area contributed by atoms with Gasteiger partial charge in [0.05, 0.1) is 26.2 Å². The monoisotopic (exact) mass is 392 g/mol. The van der Waals surface area contributed by atoms with Crippen LogP contribution in [0.1, 0.15) is 23.0 Å². The third-order valence-electron chi connectivity index (χ3n) is 3.71. The van der Waals surface area contributed by atoms with E-state index in [1.165, 1.54) is 23.1 Å². The summed E-state index contributed by atoms with van der Waals surface area (Å²) in [5.74, 6) is 0.754. The summed E-state index contributed by atoms with van der Waals surface area (Å²) in [6, 6.07) is 5.47. The van der Waals surface area contributed by atoms with Crippen LogP contribution in [0, 0.1) is 0 Å². The van der Waals surface area contributed by atoms with Crippen molar-refractivity contribution >= 4 is 41.1 Å². The Morgan fingerprint density at radius 1 is 1.23 bits per heavy atom. The maximum atomic E-state index is 12.8. The summed E-state index contributed by atoms with van der Waals surface area (Å²) in [6.07, 6.45) is 1.89. The Labute approximate surface area is 159 Å². The molecule has 136 valence electrons. The molecule has 0 fully saturated rings. The predicted octanol–water partition coefficient (Wildman–Crippen LogP) is 2.95. The topological polar surface area (TPSA) is 65.7 Å². The number of esters is 1. The summed E-state index contributed by atoms with van der Waals surface area (Å²) in [7, 11) is 3.14. The van der Waals surface area contributed by atoms with E-state index in [0.29, 0.717) is 28.7 Å². The molecule has 2 heterocycles. The van der Waals surface area contributed by atoms with Crippen LogP contribution in [0.3, 0.4) is 0 Å². The molecular weight excluding hydrogens is 374 g/mol. The second kappa shape index (κ2) is 7.92. The lowest BCUT2D eigenvalue weighted by atomic mass is 10.2. The van der Waals surface area contributed by atoms with Gasteiger partial charge in [0.1, 0.15) is 11.3 Å². The number of thioether (sulfide) groups is 1. The Hall–Kier alpha value is -2.32. The number of carbonyl (C=O) groups excluding carboxylic acids is 2. The SMILES string of the molecule is CCOC(=O)Cc1csc2[n+]1C(=O)C(=Cc1ccc(OC)c(OC)c1)S2. The van der Waals surface area contributed by atoms with Crippen molar-refractivity contribution in [3.63, 3.8) is 0 Å². The van der Waals surface area contributed by atoms with E-state index in [2.05, 4.69) is 0 Å². The molecule has 1 aromatic carbocycles. The summed E-state index contributed by atoms with van der Waals surface area (Å²) in [5.41, 5.74) is 1.48. The van der Waals surface area contributed by atoms with E-state index < -0.39 is 0 Å². The lowest BCUT2D eigenvalue weighted by molar-refractivity contribution is -0.607. The molecule has 1 aromatic heterocycles. The molecule has 0 saturated carbocycles. The number of nitrogens with zero attached hydrogens (tertiary/aromatic N) is 1. The molecule has 3 rings (SSSR count). The fraction of sp³-hybridized carbons (Fsp3) is 0.278. The quantitative estimate of drug-likeness (QED) is 0.428. The van der Waals surface area contributed by atoms with E-state index in [1.54, 1.807) is 31.8 Å². The van der Waals surface area contributed by atoms with Crippen LogP contribution in [0.15, 0.2) is 32.8 Å². The van der Waals surface area contributed by atoms with E-state index in [1.807, 2.05) is 23.6 Å². The molecule has 0 spiro atoms. The number of fused-ring (bicyclic) bond motifs is 1. The number of rotatable bonds is 6. The third kappa shape index (κ3) is 3.61. The fourth-order valence-corrected chi connectivity index (χ4v) is 4.73. The van der Waals surface area contributed by atoms with Crippen LogP contribution in [0.2, 0.25) is 0 Å². The minimum absolute atomic E-state index is 0.0836. The van der Waals surface area contributed by atoms with E-state index >= 15 is 0 Å². The van der Waals surface area contributed by atoms with E-state index in [0.717, 1.165) is 9.90 Å². The Morgan fingerprint density at radius 2 is 2.00 bits per heavy atom. The van der Waals surface area contributed by atoms with Crippen LogP contribution in [0.25, 0.3) is 6.08 Å². The molecule has 0 radical (unpaired) electrons. The van der Waals surface area contributed by atoms with Crippen molar-refractivity contribution < 1.29 is 28.4 Å². The van der Waals surface area contributed by atoms with Gasteiger partial charge in [0, 0.05) is 11.8 Å². The van der Waals surface area contributed by atoms with E-state index in [-0.39, 0.29) is 18.3 Å². The molecule has 0 amide bonds. The first-order valence-corrected chi connectivity index (χ1v) is 9.61. The second-order valence-electron chi connectivity index (χ2n) is 5.34. The normalized spacial score (nSPS) is 14.4. The van der Waals surface area contributed by atoms with Gasteiger partial charge >= 0.3 is 16.2 Å². The van der Waals surface area contributed by atoms with Crippen LogP contribution in [0.5, 0.6) is 11.5 Å². The molecule has 2 aromatic rings. The number of allylic oxidation sites excluding steroid dienone is 1. The van der Waals surface area contributed by atoms with Crippen molar-refractivity contribution in [2.24, 2.45) is 0 Å². The average Bonchev–Trinajstić information content (AvgIpc) is 3.16. The molecule has 0 N–H and O–H groups in total. The molecule has 0 atom stereocenters. The van der Waals surface area contributed by atoms with Crippen molar-refractivity contribution in [3.05, 3.63) is 39.7 Å². The first kappa shape index (κ1) is 18.5. The fourth-order valence-electron chi connectivity index (χ4n) is 2.54. The highest BCUT2D eigenvalue weighted by atomic mass is 32.2. The van der Waals surface area contributed by atoms with Crippen molar-refractivity contribution in [1.82, 2.24) is 0 Å². The van der Waals surface area contributed by atoms with Gasteiger partial charge in [-0.3, -0.25) is 4.79 Å².